The van der Waals surface area contributed by atoms with Gasteiger partial charge in [-0.1, -0.05) is 0 Å². The molecule has 12 heavy (non-hydrogen) atoms. The van der Waals surface area contributed by atoms with Crippen LogP contribution >= 0.6 is 0 Å². The van der Waals surface area contributed by atoms with Crippen LogP contribution in [0.15, 0.2) is 18.3 Å². The minimum atomic E-state index is -0.194. The van der Waals surface area contributed by atoms with E-state index in [-0.39, 0.29) is 5.91 Å². The summed E-state index contributed by atoms with van der Waals surface area (Å²) in [6, 6.07) is 3.41. The van der Waals surface area contributed by atoms with E-state index < -0.39 is 0 Å². The second-order valence-corrected chi connectivity index (χ2v) is 2.25. The normalized spacial score (nSPS) is 9.08. The molecular weight excluding hydrogens is 156 g/mol. The number of hydrazine groups is 1. The molecule has 0 radical (unpaired) electrons. The molecule has 1 rings (SSSR count). The first-order valence-corrected chi connectivity index (χ1v) is 3.43. The Balaban J connectivity index is 2.63. The van der Waals surface area contributed by atoms with E-state index in [1.54, 1.807) is 18.3 Å². The summed E-state index contributed by atoms with van der Waals surface area (Å²) in [5, 5.41) is 0. The molecule has 0 aliphatic rings. The van der Waals surface area contributed by atoms with E-state index in [9.17, 15) is 4.79 Å². The second kappa shape index (κ2) is 3.56. The van der Waals surface area contributed by atoms with Crippen molar-refractivity contribution >= 4 is 17.4 Å². The van der Waals surface area contributed by atoms with Crippen LogP contribution in [0, 0.1) is 0 Å². The Kier molecular flexibility index (Phi) is 2.47. The average molecular weight is 166 g/mol. The quantitative estimate of drug-likeness (QED) is 0.545. The van der Waals surface area contributed by atoms with Crippen LogP contribution in [-0.4, -0.2) is 10.9 Å². The lowest BCUT2D eigenvalue weighted by Crippen LogP contribution is -2.27. The summed E-state index contributed by atoms with van der Waals surface area (Å²) in [6.07, 6.45) is 1.58. The van der Waals surface area contributed by atoms with E-state index in [1.165, 1.54) is 6.92 Å². The predicted molar refractivity (Wildman–Crippen MR) is 46.1 cm³/mol. The highest BCUT2D eigenvalue weighted by Crippen LogP contribution is 2.10. The first-order valence-electron chi connectivity index (χ1n) is 3.43. The highest BCUT2D eigenvalue weighted by atomic mass is 16.2. The van der Waals surface area contributed by atoms with Gasteiger partial charge in [-0.25, -0.2) is 4.98 Å². The van der Waals surface area contributed by atoms with Crippen molar-refractivity contribution in [1.82, 2.24) is 10.4 Å². The Bertz CT molecular complexity index is 286. The molecule has 1 aromatic heterocycles. The van der Waals surface area contributed by atoms with Crippen molar-refractivity contribution in [2.24, 2.45) is 0 Å². The van der Waals surface area contributed by atoms with Crippen molar-refractivity contribution < 1.29 is 4.79 Å². The fraction of sp³-hybridized carbons (Fsp3) is 0.143. The van der Waals surface area contributed by atoms with Crippen LogP contribution in [-0.2, 0) is 4.79 Å². The Morgan fingerprint density at radius 2 is 2.42 bits per heavy atom. The molecule has 0 aromatic carbocycles. The zero-order chi connectivity index (χ0) is 8.97. The molecule has 0 saturated carbocycles. The molecule has 4 N–H and O–H groups in total. The summed E-state index contributed by atoms with van der Waals surface area (Å²) in [4.78, 5) is 14.4. The number of anilines is 2. The highest BCUT2D eigenvalue weighted by Gasteiger charge is 1.97. The fourth-order valence-corrected chi connectivity index (χ4v) is 0.669. The van der Waals surface area contributed by atoms with Crippen LogP contribution in [0.3, 0.4) is 0 Å². The number of nitrogen functional groups attached to an aromatic ring is 1. The first-order chi connectivity index (χ1) is 5.70. The van der Waals surface area contributed by atoms with Crippen molar-refractivity contribution in [2.45, 2.75) is 6.92 Å². The van der Waals surface area contributed by atoms with E-state index in [2.05, 4.69) is 15.8 Å². The number of hydrogen-bond acceptors (Lipinski definition) is 4. The lowest BCUT2D eigenvalue weighted by atomic mass is 10.4. The second-order valence-electron chi connectivity index (χ2n) is 2.25. The summed E-state index contributed by atoms with van der Waals surface area (Å²) in [6.45, 7) is 1.39. The van der Waals surface area contributed by atoms with Gasteiger partial charge in [0.2, 0.25) is 5.91 Å². The maximum atomic E-state index is 10.5. The highest BCUT2D eigenvalue weighted by molar-refractivity contribution is 5.75. The predicted octanol–water partition coefficient (Wildman–Crippen LogP) is 0.127. The van der Waals surface area contributed by atoms with Gasteiger partial charge in [-0.2, -0.15) is 0 Å². The Hall–Kier alpha value is -1.78. The molecular formula is C7H10N4O. The molecule has 0 saturated heterocycles. The Morgan fingerprint density at radius 3 is 3.00 bits per heavy atom. The molecule has 0 unspecified atom stereocenters. The maximum Gasteiger partial charge on any atom is 0.235 e. The van der Waals surface area contributed by atoms with Gasteiger partial charge >= 0.3 is 0 Å². The van der Waals surface area contributed by atoms with E-state index in [0.717, 1.165) is 0 Å². The summed E-state index contributed by atoms with van der Waals surface area (Å²) in [5.74, 6) is 0.257. The van der Waals surface area contributed by atoms with Gasteiger partial charge in [0.05, 0.1) is 5.69 Å². The van der Waals surface area contributed by atoms with Crippen molar-refractivity contribution in [3.8, 4) is 0 Å². The number of nitrogens with two attached hydrogens (primary N) is 1. The maximum absolute atomic E-state index is 10.5. The van der Waals surface area contributed by atoms with E-state index >= 15 is 0 Å². The van der Waals surface area contributed by atoms with Gasteiger partial charge in [0, 0.05) is 13.1 Å². The van der Waals surface area contributed by atoms with Crippen LogP contribution in [0.2, 0.25) is 0 Å². The Labute approximate surface area is 70.0 Å². The summed E-state index contributed by atoms with van der Waals surface area (Å²) in [5.41, 5.74) is 11.0. The van der Waals surface area contributed by atoms with Crippen LogP contribution in [0.5, 0.6) is 0 Å². The molecule has 1 heterocycles. The molecule has 1 amide bonds. The minimum absolute atomic E-state index is 0.194. The zero-order valence-corrected chi connectivity index (χ0v) is 6.66. The van der Waals surface area contributed by atoms with E-state index in [4.69, 9.17) is 5.73 Å². The fourth-order valence-electron chi connectivity index (χ4n) is 0.669. The Morgan fingerprint density at radius 1 is 1.67 bits per heavy atom. The number of rotatable bonds is 2. The van der Waals surface area contributed by atoms with Gasteiger partial charge < -0.3 is 5.73 Å². The number of nitrogens with zero attached hydrogens (tertiary/aromatic N) is 1. The molecule has 0 bridgehead atoms. The monoisotopic (exact) mass is 166 g/mol. The number of amides is 1. The molecule has 1 aromatic rings. The number of carbonyl (C=O) groups is 1. The standard InChI is InChI=1S/C7H10N4O/c1-5(12)10-11-7-6(8)3-2-4-9-7/h2-4H,8H2,1H3,(H,9,11)(H,10,12). The third-order valence-electron chi connectivity index (χ3n) is 1.20. The molecule has 0 atom stereocenters. The molecule has 64 valence electrons. The summed E-state index contributed by atoms with van der Waals surface area (Å²) in [7, 11) is 0. The van der Waals surface area contributed by atoms with Gasteiger partial charge in [-0.05, 0) is 12.1 Å². The first kappa shape index (κ1) is 8.32. The summed E-state index contributed by atoms with van der Waals surface area (Å²) >= 11 is 0. The van der Waals surface area contributed by atoms with Gasteiger partial charge in [0.25, 0.3) is 0 Å². The number of hydrogen-bond donors (Lipinski definition) is 3. The minimum Gasteiger partial charge on any atom is -0.396 e. The molecule has 0 aliphatic carbocycles. The molecule has 5 nitrogen and oxygen atoms in total. The van der Waals surface area contributed by atoms with Gasteiger partial charge in [-0.15, -0.1) is 0 Å². The van der Waals surface area contributed by atoms with Crippen molar-refractivity contribution in [2.75, 3.05) is 11.2 Å². The SMILES string of the molecule is CC(=O)NNc1ncccc1N. The average Bonchev–Trinajstić information content (AvgIpc) is 2.03. The van der Waals surface area contributed by atoms with Crippen molar-refractivity contribution in [1.29, 1.82) is 0 Å². The van der Waals surface area contributed by atoms with Gasteiger partial charge in [-0.3, -0.25) is 15.6 Å². The molecule has 0 aliphatic heterocycles. The third-order valence-corrected chi connectivity index (χ3v) is 1.20. The lowest BCUT2D eigenvalue weighted by Gasteiger charge is -2.06. The number of aromatic nitrogens is 1. The molecule has 0 spiro atoms. The number of nitrogens with one attached hydrogen (secondary N) is 2. The van der Waals surface area contributed by atoms with Crippen LogP contribution in [0.25, 0.3) is 0 Å². The molecule has 5 heteroatoms. The lowest BCUT2D eigenvalue weighted by molar-refractivity contribution is -0.118. The van der Waals surface area contributed by atoms with Crippen molar-refractivity contribution in [3.05, 3.63) is 18.3 Å². The largest absolute Gasteiger partial charge is 0.396 e. The molecule has 0 fully saturated rings. The number of carbonyl (C=O) groups excluding carboxylic acids is 1. The third kappa shape index (κ3) is 2.12. The topological polar surface area (TPSA) is 80.0 Å². The van der Waals surface area contributed by atoms with E-state index in [1.807, 2.05) is 0 Å². The van der Waals surface area contributed by atoms with E-state index in [0.29, 0.717) is 11.5 Å². The van der Waals surface area contributed by atoms with Gasteiger partial charge in [0.1, 0.15) is 0 Å². The van der Waals surface area contributed by atoms with Crippen LogP contribution < -0.4 is 16.6 Å². The zero-order valence-electron chi connectivity index (χ0n) is 6.66. The summed E-state index contributed by atoms with van der Waals surface area (Å²) < 4.78 is 0. The smallest absolute Gasteiger partial charge is 0.235 e. The van der Waals surface area contributed by atoms with Crippen LogP contribution in [0.1, 0.15) is 6.92 Å². The van der Waals surface area contributed by atoms with Crippen molar-refractivity contribution in [3.63, 3.8) is 0 Å². The van der Waals surface area contributed by atoms with Gasteiger partial charge in [0.15, 0.2) is 5.82 Å². The number of pyridine rings is 1. The van der Waals surface area contributed by atoms with Crippen LogP contribution in [0.4, 0.5) is 11.5 Å².